The van der Waals surface area contributed by atoms with Crippen LogP contribution in [0.4, 0.5) is 0 Å². The Morgan fingerprint density at radius 3 is 2.80 bits per heavy atom. The maximum absolute atomic E-state index is 13.5. The molecule has 1 amide bonds. The minimum Gasteiger partial charge on any atom is -0.445 e. The molecule has 156 valence electrons. The van der Waals surface area contributed by atoms with Crippen molar-refractivity contribution in [2.24, 2.45) is 0 Å². The first-order valence-electron chi connectivity index (χ1n) is 10.4. The normalized spacial score (nSPS) is 18.2. The Labute approximate surface area is 174 Å². The molecule has 1 fully saturated rings. The quantitative estimate of drug-likeness (QED) is 0.636. The van der Waals surface area contributed by atoms with Gasteiger partial charge in [0, 0.05) is 38.5 Å². The number of benzene rings is 1. The van der Waals surface area contributed by atoms with E-state index >= 15 is 0 Å². The molecule has 30 heavy (non-hydrogen) atoms. The highest BCUT2D eigenvalue weighted by molar-refractivity contribution is 5.80. The number of amides is 1. The number of carbonyl (C=O) groups excluding carboxylic acids is 1. The highest BCUT2D eigenvalue weighted by Gasteiger charge is 2.33. The fraction of sp³-hybridized carbons (Fsp3) is 0.476. The topological polar surface area (TPSA) is 99.2 Å². The van der Waals surface area contributed by atoms with Crippen molar-refractivity contribution in [3.8, 4) is 0 Å². The lowest BCUT2D eigenvalue weighted by atomic mass is 10.0. The van der Waals surface area contributed by atoms with E-state index < -0.39 is 6.04 Å². The molecule has 9 heteroatoms. The van der Waals surface area contributed by atoms with Crippen molar-refractivity contribution in [1.29, 1.82) is 0 Å². The molecule has 0 bridgehead atoms. The lowest BCUT2D eigenvalue weighted by Gasteiger charge is -2.29. The molecule has 4 heterocycles. The van der Waals surface area contributed by atoms with E-state index in [9.17, 15) is 4.79 Å². The highest BCUT2D eigenvalue weighted by atomic mass is 16.5. The van der Waals surface area contributed by atoms with Crippen molar-refractivity contribution < 1.29 is 13.9 Å². The van der Waals surface area contributed by atoms with Crippen molar-refractivity contribution in [3.63, 3.8) is 0 Å². The third-order valence-corrected chi connectivity index (χ3v) is 5.87. The van der Waals surface area contributed by atoms with Gasteiger partial charge in [0.25, 0.3) is 0 Å². The number of hydrogen-bond acceptors (Lipinski definition) is 7. The summed E-state index contributed by atoms with van der Waals surface area (Å²) < 4.78 is 13.0. The number of fused-ring (bicyclic) bond motifs is 1. The Balaban J connectivity index is 1.34. The Morgan fingerprint density at radius 2 is 2.03 bits per heavy atom. The average molecular weight is 408 g/mol. The number of aromatic nitrogens is 5. The first kappa shape index (κ1) is 18.9. The summed E-state index contributed by atoms with van der Waals surface area (Å²) in [6, 6.07) is 9.43. The van der Waals surface area contributed by atoms with Gasteiger partial charge in [0.2, 0.25) is 5.91 Å². The van der Waals surface area contributed by atoms with Crippen LogP contribution in [0.1, 0.15) is 47.7 Å². The number of tetrazole rings is 1. The van der Waals surface area contributed by atoms with Crippen LogP contribution >= 0.6 is 0 Å². The predicted molar refractivity (Wildman–Crippen MR) is 105 cm³/mol. The Hall–Kier alpha value is -3.07. The van der Waals surface area contributed by atoms with Crippen molar-refractivity contribution in [2.45, 2.75) is 44.2 Å². The van der Waals surface area contributed by atoms with Gasteiger partial charge in [0.05, 0.1) is 6.54 Å². The van der Waals surface area contributed by atoms with Gasteiger partial charge in [-0.25, -0.2) is 9.67 Å². The molecular formula is C21H24N6O3. The summed E-state index contributed by atoms with van der Waals surface area (Å²) in [5.74, 6) is 1.99. The van der Waals surface area contributed by atoms with E-state index in [0.29, 0.717) is 31.8 Å². The standard InChI is InChI=1S/C21H24N6O3/c28-21(18(27-14-22-24-25-27)12-15-4-2-1-3-5-15)26-9-6-19-17(13-26)23-20(30-19)16-7-10-29-11-8-16/h1-5,14,16,18H,6-13H2. The Bertz CT molecular complexity index is 982. The Morgan fingerprint density at radius 1 is 1.20 bits per heavy atom. The summed E-state index contributed by atoms with van der Waals surface area (Å²) in [6.45, 7) is 2.54. The van der Waals surface area contributed by atoms with E-state index in [4.69, 9.17) is 14.1 Å². The van der Waals surface area contributed by atoms with Crippen LogP contribution in [0.25, 0.3) is 0 Å². The van der Waals surface area contributed by atoms with Crippen molar-refractivity contribution in [3.05, 3.63) is 59.6 Å². The number of nitrogens with zero attached hydrogens (tertiary/aromatic N) is 6. The number of ether oxygens (including phenoxy) is 1. The van der Waals surface area contributed by atoms with Gasteiger partial charge in [0.15, 0.2) is 5.89 Å². The maximum atomic E-state index is 13.5. The zero-order valence-electron chi connectivity index (χ0n) is 16.7. The molecule has 1 saturated heterocycles. The molecule has 0 N–H and O–H groups in total. The lowest BCUT2D eigenvalue weighted by Crippen LogP contribution is -2.41. The number of carbonyl (C=O) groups is 1. The predicted octanol–water partition coefficient (Wildman–Crippen LogP) is 1.92. The minimum atomic E-state index is -0.495. The lowest BCUT2D eigenvalue weighted by molar-refractivity contribution is -0.136. The summed E-state index contributed by atoms with van der Waals surface area (Å²) in [6.07, 6.45) is 4.56. The van der Waals surface area contributed by atoms with Crippen LogP contribution in [-0.4, -0.2) is 55.8 Å². The van der Waals surface area contributed by atoms with E-state index in [0.717, 1.165) is 49.0 Å². The molecule has 0 aliphatic carbocycles. The SMILES string of the molecule is O=C(C(Cc1ccccc1)n1cnnn1)N1CCc2oc(C3CCOCC3)nc2C1. The summed E-state index contributed by atoms with van der Waals surface area (Å²) in [5.41, 5.74) is 1.93. The first-order valence-corrected chi connectivity index (χ1v) is 10.4. The van der Waals surface area contributed by atoms with Crippen LogP contribution in [0.15, 0.2) is 41.1 Å². The van der Waals surface area contributed by atoms with Gasteiger partial charge in [0.1, 0.15) is 23.8 Å². The second-order valence-corrected chi connectivity index (χ2v) is 7.81. The average Bonchev–Trinajstić information content (AvgIpc) is 3.48. The smallest absolute Gasteiger partial charge is 0.248 e. The van der Waals surface area contributed by atoms with Crippen LogP contribution in [0, 0.1) is 0 Å². The summed E-state index contributed by atoms with van der Waals surface area (Å²) >= 11 is 0. The van der Waals surface area contributed by atoms with Crippen molar-refractivity contribution >= 4 is 5.91 Å². The van der Waals surface area contributed by atoms with Gasteiger partial charge in [-0.2, -0.15) is 0 Å². The van der Waals surface area contributed by atoms with Crippen LogP contribution in [0.2, 0.25) is 0 Å². The van der Waals surface area contributed by atoms with Gasteiger partial charge in [-0.15, -0.1) is 5.10 Å². The van der Waals surface area contributed by atoms with Crippen molar-refractivity contribution in [2.75, 3.05) is 19.8 Å². The summed E-state index contributed by atoms with van der Waals surface area (Å²) in [5, 5.41) is 11.5. The van der Waals surface area contributed by atoms with Crippen LogP contribution in [-0.2, 0) is 28.9 Å². The fourth-order valence-electron chi connectivity index (χ4n) is 4.18. The molecule has 0 spiro atoms. The number of rotatable bonds is 5. The second-order valence-electron chi connectivity index (χ2n) is 7.81. The molecule has 5 rings (SSSR count). The molecule has 0 radical (unpaired) electrons. The molecule has 3 aromatic rings. The molecular weight excluding hydrogens is 384 g/mol. The van der Waals surface area contributed by atoms with Gasteiger partial charge in [-0.3, -0.25) is 4.79 Å². The van der Waals surface area contributed by atoms with E-state index in [2.05, 4.69) is 15.5 Å². The third kappa shape index (κ3) is 3.85. The largest absolute Gasteiger partial charge is 0.445 e. The summed E-state index contributed by atoms with van der Waals surface area (Å²) in [4.78, 5) is 20.0. The van der Waals surface area contributed by atoms with E-state index in [1.54, 1.807) is 4.68 Å². The zero-order chi connectivity index (χ0) is 20.3. The second kappa shape index (κ2) is 8.35. The molecule has 2 aromatic heterocycles. The number of oxazole rings is 1. The highest BCUT2D eigenvalue weighted by Crippen LogP contribution is 2.30. The molecule has 1 atom stereocenters. The van der Waals surface area contributed by atoms with E-state index in [1.807, 2.05) is 35.2 Å². The molecule has 2 aliphatic rings. The maximum Gasteiger partial charge on any atom is 0.248 e. The monoisotopic (exact) mass is 408 g/mol. The van der Waals surface area contributed by atoms with Gasteiger partial charge < -0.3 is 14.1 Å². The van der Waals surface area contributed by atoms with Crippen LogP contribution in [0.5, 0.6) is 0 Å². The van der Waals surface area contributed by atoms with E-state index in [1.165, 1.54) is 6.33 Å². The summed E-state index contributed by atoms with van der Waals surface area (Å²) in [7, 11) is 0. The van der Waals surface area contributed by atoms with Crippen molar-refractivity contribution in [1.82, 2.24) is 30.1 Å². The minimum absolute atomic E-state index is 0.00702. The fourth-order valence-corrected chi connectivity index (χ4v) is 4.18. The molecule has 1 unspecified atom stereocenters. The van der Waals surface area contributed by atoms with E-state index in [-0.39, 0.29) is 5.91 Å². The van der Waals surface area contributed by atoms with Gasteiger partial charge >= 0.3 is 0 Å². The van der Waals surface area contributed by atoms with Gasteiger partial charge in [-0.05, 0) is 28.8 Å². The zero-order valence-corrected chi connectivity index (χ0v) is 16.7. The first-order chi connectivity index (χ1) is 14.8. The molecule has 9 nitrogen and oxygen atoms in total. The molecule has 0 saturated carbocycles. The Kier molecular flexibility index (Phi) is 5.27. The van der Waals surface area contributed by atoms with Crippen LogP contribution in [0.3, 0.4) is 0 Å². The van der Waals surface area contributed by atoms with Crippen LogP contribution < -0.4 is 0 Å². The third-order valence-electron chi connectivity index (χ3n) is 5.87. The molecule has 2 aliphatic heterocycles. The molecule has 1 aromatic carbocycles. The number of hydrogen-bond donors (Lipinski definition) is 0. The van der Waals surface area contributed by atoms with Gasteiger partial charge in [-0.1, -0.05) is 30.3 Å².